The molecule has 0 bridgehead atoms. The lowest BCUT2D eigenvalue weighted by molar-refractivity contribution is -0.143. The monoisotopic (exact) mass is 1030 g/mol. The molecule has 3 N–H and O–H groups in total. The molecule has 73 heavy (non-hydrogen) atoms. The van der Waals surface area contributed by atoms with Gasteiger partial charge in [-0.15, -0.1) is 0 Å². The molecule has 0 saturated carbocycles. The van der Waals surface area contributed by atoms with Crippen LogP contribution >= 0.6 is 0 Å². The number of rotatable bonds is 61. The minimum absolute atomic E-state index is 0.00371. The Balaban J connectivity index is 3.43. The number of aliphatic hydroxyl groups excluding tert-OH is 2. The van der Waals surface area contributed by atoms with Gasteiger partial charge in [-0.1, -0.05) is 314 Å². The minimum Gasteiger partial charge on any atom is -0.466 e. The summed E-state index contributed by atoms with van der Waals surface area (Å²) in [5, 5.41) is 23.2. The largest absolute Gasteiger partial charge is 0.466 e. The van der Waals surface area contributed by atoms with Crippen LogP contribution in [0.2, 0.25) is 0 Å². The minimum atomic E-state index is -0.847. The summed E-state index contributed by atoms with van der Waals surface area (Å²) in [6.45, 7) is 4.89. The van der Waals surface area contributed by atoms with Crippen LogP contribution < -0.4 is 5.32 Å². The van der Waals surface area contributed by atoms with E-state index in [2.05, 4.69) is 43.5 Å². The Bertz CT molecular complexity index is 1180. The molecule has 2 atom stereocenters. The van der Waals surface area contributed by atoms with Crippen LogP contribution in [0.3, 0.4) is 0 Å². The Kier molecular flexibility index (Phi) is 61.0. The molecular weight excluding hydrogens is 899 g/mol. The van der Waals surface area contributed by atoms with Crippen LogP contribution in [0.25, 0.3) is 0 Å². The fourth-order valence-corrected chi connectivity index (χ4v) is 10.1. The zero-order valence-corrected chi connectivity index (χ0v) is 49.1. The van der Waals surface area contributed by atoms with E-state index in [4.69, 9.17) is 4.74 Å². The molecule has 430 valence electrons. The molecule has 0 saturated heterocycles. The highest BCUT2D eigenvalue weighted by molar-refractivity contribution is 5.76. The van der Waals surface area contributed by atoms with Gasteiger partial charge in [0.1, 0.15) is 0 Å². The number of hydrogen-bond acceptors (Lipinski definition) is 5. The lowest BCUT2D eigenvalue weighted by Gasteiger charge is -2.20. The second-order valence-electron chi connectivity index (χ2n) is 22.5. The van der Waals surface area contributed by atoms with Crippen molar-refractivity contribution in [3.05, 3.63) is 36.5 Å². The fraction of sp³-hybridized carbons (Fsp3) is 0.881. The molecule has 0 rings (SSSR count). The van der Waals surface area contributed by atoms with E-state index in [0.717, 1.165) is 51.4 Å². The van der Waals surface area contributed by atoms with Gasteiger partial charge in [0.2, 0.25) is 5.91 Å². The number of ether oxygens (including phenoxy) is 1. The number of carbonyl (C=O) groups excluding carboxylic acids is 2. The highest BCUT2D eigenvalue weighted by atomic mass is 16.5. The van der Waals surface area contributed by atoms with Crippen LogP contribution in [-0.4, -0.2) is 47.4 Å². The van der Waals surface area contributed by atoms with Crippen molar-refractivity contribution in [3.8, 4) is 0 Å². The Hall–Kier alpha value is -1.92. The van der Waals surface area contributed by atoms with E-state index in [1.54, 1.807) is 6.08 Å². The first-order valence-electron chi connectivity index (χ1n) is 32.8. The summed E-state index contributed by atoms with van der Waals surface area (Å²) in [6, 6.07) is -0.631. The van der Waals surface area contributed by atoms with Gasteiger partial charge >= 0.3 is 5.97 Å². The van der Waals surface area contributed by atoms with Gasteiger partial charge in [0.25, 0.3) is 0 Å². The third kappa shape index (κ3) is 59.2. The smallest absolute Gasteiger partial charge is 0.305 e. The van der Waals surface area contributed by atoms with Crippen molar-refractivity contribution in [2.24, 2.45) is 0 Å². The van der Waals surface area contributed by atoms with Crippen molar-refractivity contribution in [1.29, 1.82) is 0 Å². The fourth-order valence-electron chi connectivity index (χ4n) is 10.1. The number of amides is 1. The van der Waals surface area contributed by atoms with Crippen molar-refractivity contribution < 1.29 is 24.5 Å². The summed E-state index contributed by atoms with van der Waals surface area (Å²) in [7, 11) is 0. The second-order valence-corrected chi connectivity index (χ2v) is 22.5. The number of esters is 1. The van der Waals surface area contributed by atoms with Crippen LogP contribution in [0.1, 0.15) is 354 Å². The van der Waals surface area contributed by atoms with E-state index < -0.39 is 12.1 Å². The summed E-state index contributed by atoms with van der Waals surface area (Å²) >= 11 is 0. The quantitative estimate of drug-likeness (QED) is 0.0320. The van der Waals surface area contributed by atoms with Gasteiger partial charge in [-0.25, -0.2) is 0 Å². The van der Waals surface area contributed by atoms with Crippen molar-refractivity contribution in [2.45, 2.75) is 366 Å². The van der Waals surface area contributed by atoms with E-state index >= 15 is 0 Å². The molecule has 2 unspecified atom stereocenters. The van der Waals surface area contributed by atoms with Crippen LogP contribution in [0.5, 0.6) is 0 Å². The molecular formula is C67H127NO5. The summed E-state index contributed by atoms with van der Waals surface area (Å²) in [6.07, 6.45) is 79.0. The molecule has 0 aliphatic carbocycles. The highest BCUT2D eigenvalue weighted by Gasteiger charge is 2.18. The number of unbranched alkanes of at least 4 members (excludes halogenated alkanes) is 46. The Morgan fingerprint density at radius 2 is 0.685 bits per heavy atom. The van der Waals surface area contributed by atoms with Crippen LogP contribution in [-0.2, 0) is 14.3 Å². The van der Waals surface area contributed by atoms with Gasteiger partial charge < -0.3 is 20.3 Å². The van der Waals surface area contributed by atoms with Gasteiger partial charge in [0.05, 0.1) is 25.4 Å². The summed E-state index contributed by atoms with van der Waals surface area (Å²) in [4.78, 5) is 24.6. The van der Waals surface area contributed by atoms with Crippen LogP contribution in [0, 0.1) is 0 Å². The van der Waals surface area contributed by atoms with Crippen LogP contribution in [0.4, 0.5) is 0 Å². The summed E-state index contributed by atoms with van der Waals surface area (Å²) < 4.78 is 5.48. The van der Waals surface area contributed by atoms with E-state index in [1.807, 2.05) is 6.08 Å². The molecule has 0 spiro atoms. The third-order valence-electron chi connectivity index (χ3n) is 15.2. The molecule has 0 radical (unpaired) electrons. The maximum Gasteiger partial charge on any atom is 0.305 e. The first kappa shape index (κ1) is 71.1. The van der Waals surface area contributed by atoms with Crippen LogP contribution in [0.15, 0.2) is 36.5 Å². The highest BCUT2D eigenvalue weighted by Crippen LogP contribution is 2.18. The predicted molar refractivity (Wildman–Crippen MR) is 319 cm³/mol. The third-order valence-corrected chi connectivity index (χ3v) is 15.2. The van der Waals surface area contributed by atoms with Gasteiger partial charge in [0.15, 0.2) is 0 Å². The van der Waals surface area contributed by atoms with Crippen molar-refractivity contribution in [1.82, 2.24) is 5.32 Å². The number of aliphatic hydroxyl groups is 2. The maximum atomic E-state index is 12.5. The number of allylic oxidation sites excluding steroid dienone is 5. The van der Waals surface area contributed by atoms with E-state index in [0.29, 0.717) is 19.4 Å². The molecule has 0 aromatic rings. The zero-order valence-electron chi connectivity index (χ0n) is 49.1. The van der Waals surface area contributed by atoms with Crippen molar-refractivity contribution in [2.75, 3.05) is 13.2 Å². The van der Waals surface area contributed by atoms with Gasteiger partial charge in [-0.05, 0) is 64.2 Å². The summed E-state index contributed by atoms with van der Waals surface area (Å²) in [5.74, 6) is -0.0708. The molecule has 0 heterocycles. The van der Waals surface area contributed by atoms with Gasteiger partial charge in [-0.2, -0.15) is 0 Å². The predicted octanol–water partition coefficient (Wildman–Crippen LogP) is 20.8. The molecule has 0 aliphatic heterocycles. The van der Waals surface area contributed by atoms with E-state index in [1.165, 1.54) is 276 Å². The number of nitrogens with one attached hydrogen (secondary N) is 1. The molecule has 6 heteroatoms. The number of hydrogen-bond donors (Lipinski definition) is 3. The average molecular weight is 1030 g/mol. The Morgan fingerprint density at radius 1 is 0.384 bits per heavy atom. The van der Waals surface area contributed by atoms with Crippen molar-refractivity contribution >= 4 is 11.9 Å². The normalized spacial score (nSPS) is 12.8. The Morgan fingerprint density at radius 3 is 1.07 bits per heavy atom. The van der Waals surface area contributed by atoms with Gasteiger partial charge in [0, 0.05) is 12.8 Å². The lowest BCUT2D eigenvalue weighted by atomic mass is 10.0. The molecule has 0 aromatic carbocycles. The Labute approximate surface area is 455 Å². The second kappa shape index (κ2) is 62.6. The SMILES string of the molecule is CCCCC/C=C\C/C=C\CCCCCCCC(=O)OCCCCCCCCCCCCCCCCCCCCCCC(=O)NC(CO)C(O)/C=C/CCCCCCCCCCCCCCCCCCCCC. The van der Waals surface area contributed by atoms with Gasteiger partial charge in [-0.3, -0.25) is 9.59 Å². The summed E-state index contributed by atoms with van der Waals surface area (Å²) in [5.41, 5.74) is 0. The van der Waals surface area contributed by atoms with E-state index in [-0.39, 0.29) is 18.5 Å². The topological polar surface area (TPSA) is 95.9 Å². The van der Waals surface area contributed by atoms with Crippen molar-refractivity contribution in [3.63, 3.8) is 0 Å². The first-order valence-corrected chi connectivity index (χ1v) is 32.8. The number of carbonyl (C=O) groups is 2. The maximum absolute atomic E-state index is 12.5. The molecule has 0 fully saturated rings. The van der Waals surface area contributed by atoms with E-state index in [9.17, 15) is 19.8 Å². The molecule has 1 amide bonds. The lowest BCUT2D eigenvalue weighted by Crippen LogP contribution is -2.45. The zero-order chi connectivity index (χ0) is 52.9. The first-order chi connectivity index (χ1) is 36.0. The standard InChI is InChI=1S/C67H127NO5/c1-3-5-7-9-11-13-15-17-19-20-21-22-25-28-32-35-39-43-47-51-55-59-65(70)64(63-69)68-66(71)60-56-52-48-44-40-36-33-29-26-23-24-27-30-34-38-42-46-50-54-58-62-73-67(72)61-57-53-49-45-41-37-31-18-16-14-12-10-8-6-4-2/h12,14,18,31,55,59,64-65,69-70H,3-11,13,15-17,19-30,32-54,56-58,60-63H2,1-2H3,(H,68,71)/b14-12-,31-18-,59-55+. The average Bonchev–Trinajstić information content (AvgIpc) is 3.39. The molecule has 6 nitrogen and oxygen atoms in total. The molecule has 0 aromatic heterocycles. The molecule has 0 aliphatic rings.